The van der Waals surface area contributed by atoms with Crippen LogP contribution in [0.3, 0.4) is 0 Å². The van der Waals surface area contributed by atoms with Crippen molar-refractivity contribution in [1.29, 1.82) is 0 Å². The second-order valence-electron chi connectivity index (χ2n) is 4.77. The van der Waals surface area contributed by atoms with Crippen LogP contribution >= 0.6 is 0 Å². The van der Waals surface area contributed by atoms with Gasteiger partial charge >= 0.3 is 0 Å². The Kier molecular flexibility index (Phi) is 3.39. The molecule has 0 aliphatic rings. The number of anilines is 1. The molecule has 0 bridgehead atoms. The molecule has 3 rings (SSSR count). The zero-order chi connectivity index (χ0) is 14.8. The molecule has 1 aromatic heterocycles. The molecule has 0 saturated heterocycles. The van der Waals surface area contributed by atoms with E-state index in [-0.39, 0.29) is 18.1 Å². The summed E-state index contributed by atoms with van der Waals surface area (Å²) in [6.07, 6.45) is 0.116. The van der Waals surface area contributed by atoms with E-state index in [0.29, 0.717) is 22.7 Å². The summed E-state index contributed by atoms with van der Waals surface area (Å²) in [5.74, 6) is 0.0169. The summed E-state index contributed by atoms with van der Waals surface area (Å²) in [4.78, 5) is 16.1. The van der Waals surface area contributed by atoms with Crippen molar-refractivity contribution in [1.82, 2.24) is 4.98 Å². The Morgan fingerprint density at radius 2 is 2.14 bits per heavy atom. The summed E-state index contributed by atoms with van der Waals surface area (Å²) in [7, 11) is 0. The second-order valence-corrected chi connectivity index (χ2v) is 4.77. The van der Waals surface area contributed by atoms with Gasteiger partial charge in [-0.1, -0.05) is 12.1 Å². The van der Waals surface area contributed by atoms with Crippen LogP contribution in [0.25, 0.3) is 11.1 Å². The van der Waals surface area contributed by atoms with Gasteiger partial charge in [0, 0.05) is 18.7 Å². The van der Waals surface area contributed by atoms with Crippen molar-refractivity contribution in [2.24, 2.45) is 0 Å². The molecular formula is C16H13FN2O2. The van der Waals surface area contributed by atoms with E-state index in [9.17, 15) is 9.18 Å². The Labute approximate surface area is 120 Å². The maximum absolute atomic E-state index is 13.1. The highest BCUT2D eigenvalue weighted by atomic mass is 19.1. The summed E-state index contributed by atoms with van der Waals surface area (Å²) < 4.78 is 18.5. The lowest BCUT2D eigenvalue weighted by molar-refractivity contribution is -0.115. The zero-order valence-electron chi connectivity index (χ0n) is 11.4. The van der Waals surface area contributed by atoms with Crippen LogP contribution in [0.4, 0.5) is 10.1 Å². The smallest absolute Gasteiger partial charge is 0.228 e. The molecule has 0 aliphatic carbocycles. The largest absolute Gasteiger partial charge is 0.441 e. The van der Waals surface area contributed by atoms with E-state index in [4.69, 9.17) is 4.42 Å². The number of halogens is 1. The first-order chi connectivity index (χ1) is 10.1. The van der Waals surface area contributed by atoms with Gasteiger partial charge in [0.05, 0.1) is 6.42 Å². The van der Waals surface area contributed by atoms with E-state index >= 15 is 0 Å². The molecule has 0 aliphatic heterocycles. The van der Waals surface area contributed by atoms with E-state index in [1.807, 2.05) is 0 Å². The molecule has 21 heavy (non-hydrogen) atoms. The molecule has 2 aromatic carbocycles. The van der Waals surface area contributed by atoms with Gasteiger partial charge in [0.15, 0.2) is 11.5 Å². The van der Waals surface area contributed by atoms with Crippen LogP contribution in [0.5, 0.6) is 0 Å². The van der Waals surface area contributed by atoms with Crippen molar-refractivity contribution >= 4 is 22.7 Å². The lowest BCUT2D eigenvalue weighted by Crippen LogP contribution is -2.14. The summed E-state index contributed by atoms with van der Waals surface area (Å²) in [5.41, 5.74) is 2.62. The minimum absolute atomic E-state index is 0.116. The summed E-state index contributed by atoms with van der Waals surface area (Å²) in [6, 6.07) is 11.3. The SMILES string of the molecule is Cc1nc2ccc(NC(=O)Cc3cccc(F)c3)cc2o1. The maximum atomic E-state index is 13.1. The molecule has 1 heterocycles. The van der Waals surface area contributed by atoms with Gasteiger partial charge in [0.1, 0.15) is 11.3 Å². The minimum atomic E-state index is -0.348. The number of amides is 1. The molecule has 106 valence electrons. The molecule has 0 spiro atoms. The van der Waals surface area contributed by atoms with Crippen LogP contribution in [-0.4, -0.2) is 10.9 Å². The summed E-state index contributed by atoms with van der Waals surface area (Å²) >= 11 is 0. The van der Waals surface area contributed by atoms with Gasteiger partial charge in [-0.15, -0.1) is 0 Å². The Morgan fingerprint density at radius 3 is 2.95 bits per heavy atom. The fraction of sp³-hybridized carbons (Fsp3) is 0.125. The highest BCUT2D eigenvalue weighted by Crippen LogP contribution is 2.20. The topological polar surface area (TPSA) is 55.1 Å². The van der Waals surface area contributed by atoms with Crippen LogP contribution in [0.2, 0.25) is 0 Å². The van der Waals surface area contributed by atoms with Crippen LogP contribution in [0.1, 0.15) is 11.5 Å². The van der Waals surface area contributed by atoms with E-state index in [2.05, 4.69) is 10.3 Å². The van der Waals surface area contributed by atoms with E-state index in [1.165, 1.54) is 12.1 Å². The van der Waals surface area contributed by atoms with Crippen molar-refractivity contribution < 1.29 is 13.6 Å². The zero-order valence-corrected chi connectivity index (χ0v) is 11.4. The molecule has 0 atom stereocenters. The molecule has 0 radical (unpaired) electrons. The fourth-order valence-corrected chi connectivity index (χ4v) is 2.16. The number of oxazole rings is 1. The average Bonchev–Trinajstić information content (AvgIpc) is 2.78. The van der Waals surface area contributed by atoms with Crippen molar-refractivity contribution in [3.63, 3.8) is 0 Å². The van der Waals surface area contributed by atoms with Crippen LogP contribution in [0.15, 0.2) is 46.9 Å². The Hall–Kier alpha value is -2.69. The van der Waals surface area contributed by atoms with Gasteiger partial charge in [0.25, 0.3) is 0 Å². The molecule has 1 amide bonds. The molecular weight excluding hydrogens is 271 g/mol. The average molecular weight is 284 g/mol. The number of nitrogens with zero attached hydrogens (tertiary/aromatic N) is 1. The quantitative estimate of drug-likeness (QED) is 0.801. The number of rotatable bonds is 3. The monoisotopic (exact) mass is 284 g/mol. The summed E-state index contributed by atoms with van der Waals surface area (Å²) in [6.45, 7) is 1.77. The number of benzene rings is 2. The van der Waals surface area contributed by atoms with E-state index in [1.54, 1.807) is 37.3 Å². The van der Waals surface area contributed by atoms with Crippen LogP contribution in [-0.2, 0) is 11.2 Å². The number of carbonyl (C=O) groups is 1. The molecule has 1 N–H and O–H groups in total. The van der Waals surface area contributed by atoms with Gasteiger partial charge in [0.2, 0.25) is 5.91 Å². The van der Waals surface area contributed by atoms with Gasteiger partial charge in [-0.2, -0.15) is 0 Å². The number of nitrogens with one attached hydrogen (secondary N) is 1. The summed E-state index contributed by atoms with van der Waals surface area (Å²) in [5, 5.41) is 2.76. The van der Waals surface area contributed by atoms with Crippen molar-refractivity contribution in [2.45, 2.75) is 13.3 Å². The highest BCUT2D eigenvalue weighted by Gasteiger charge is 2.07. The Balaban J connectivity index is 1.73. The molecule has 0 fully saturated rings. The number of hydrogen-bond acceptors (Lipinski definition) is 3. The first kappa shape index (κ1) is 13.3. The number of fused-ring (bicyclic) bond motifs is 1. The third-order valence-corrected chi connectivity index (χ3v) is 3.03. The Bertz CT molecular complexity index is 811. The van der Waals surface area contributed by atoms with Gasteiger partial charge in [-0.05, 0) is 29.8 Å². The molecule has 0 unspecified atom stereocenters. The van der Waals surface area contributed by atoms with Crippen molar-refractivity contribution in [3.05, 3.63) is 59.7 Å². The van der Waals surface area contributed by atoms with E-state index in [0.717, 1.165) is 5.52 Å². The number of hydrogen-bond donors (Lipinski definition) is 1. The van der Waals surface area contributed by atoms with Crippen LogP contribution in [0, 0.1) is 12.7 Å². The standard InChI is InChI=1S/C16H13FN2O2/c1-10-18-14-6-5-13(9-15(14)21-10)19-16(20)8-11-3-2-4-12(17)7-11/h2-7,9H,8H2,1H3,(H,19,20). The molecule has 4 nitrogen and oxygen atoms in total. The first-order valence-corrected chi connectivity index (χ1v) is 6.52. The third-order valence-electron chi connectivity index (χ3n) is 3.03. The molecule has 5 heteroatoms. The van der Waals surface area contributed by atoms with Crippen LogP contribution < -0.4 is 5.32 Å². The normalized spacial score (nSPS) is 10.8. The maximum Gasteiger partial charge on any atom is 0.228 e. The predicted molar refractivity (Wildman–Crippen MR) is 77.5 cm³/mol. The Morgan fingerprint density at radius 1 is 1.29 bits per heavy atom. The predicted octanol–water partition coefficient (Wildman–Crippen LogP) is 3.46. The van der Waals surface area contributed by atoms with Crippen molar-refractivity contribution in [2.75, 3.05) is 5.32 Å². The fourth-order valence-electron chi connectivity index (χ4n) is 2.16. The number of aromatic nitrogens is 1. The first-order valence-electron chi connectivity index (χ1n) is 6.52. The van der Waals surface area contributed by atoms with E-state index < -0.39 is 0 Å². The van der Waals surface area contributed by atoms with Gasteiger partial charge in [-0.25, -0.2) is 9.37 Å². The number of aryl methyl sites for hydroxylation is 1. The van der Waals surface area contributed by atoms with Gasteiger partial charge in [-0.3, -0.25) is 4.79 Å². The minimum Gasteiger partial charge on any atom is -0.441 e. The van der Waals surface area contributed by atoms with Crippen molar-refractivity contribution in [3.8, 4) is 0 Å². The lowest BCUT2D eigenvalue weighted by atomic mass is 10.1. The molecule has 3 aromatic rings. The molecule has 0 saturated carbocycles. The van der Waals surface area contributed by atoms with Gasteiger partial charge < -0.3 is 9.73 Å². The highest BCUT2D eigenvalue weighted by molar-refractivity contribution is 5.94. The second kappa shape index (κ2) is 5.36. The lowest BCUT2D eigenvalue weighted by Gasteiger charge is -2.05. The number of carbonyl (C=O) groups excluding carboxylic acids is 1. The third kappa shape index (κ3) is 3.08.